The van der Waals surface area contributed by atoms with E-state index in [0.717, 1.165) is 11.1 Å². The van der Waals surface area contributed by atoms with E-state index in [1.54, 1.807) is 0 Å². The molecule has 5 aliphatic rings. The van der Waals surface area contributed by atoms with Crippen molar-refractivity contribution in [3.05, 3.63) is 30.3 Å². The highest BCUT2D eigenvalue weighted by atomic mass is 16.6. The predicted octanol–water partition coefficient (Wildman–Crippen LogP) is 2.24. The Morgan fingerprint density at radius 2 is 0.757 bits per heavy atom. The van der Waals surface area contributed by atoms with Crippen LogP contribution < -0.4 is 23.7 Å². The average molecular weight is 515 g/mol. The van der Waals surface area contributed by atoms with Crippen molar-refractivity contribution in [3.8, 4) is 39.9 Å². The van der Waals surface area contributed by atoms with Crippen molar-refractivity contribution < 1.29 is 47.4 Å². The highest BCUT2D eigenvalue weighted by molar-refractivity contribution is 5.86. The largest absolute Gasteiger partial charge is 0.486 e. The molecule has 10 nitrogen and oxygen atoms in total. The molecule has 2 aromatic carbocycles. The van der Waals surface area contributed by atoms with E-state index in [-0.39, 0.29) is 30.5 Å². The van der Waals surface area contributed by atoms with E-state index in [2.05, 4.69) is 0 Å². The molecule has 198 valence electrons. The van der Waals surface area contributed by atoms with Gasteiger partial charge < -0.3 is 47.4 Å². The van der Waals surface area contributed by atoms with Crippen LogP contribution in [0.5, 0.6) is 28.7 Å². The molecular weight excluding hydrogens is 484 g/mol. The lowest BCUT2D eigenvalue weighted by Gasteiger charge is -2.25. The lowest BCUT2D eigenvalue weighted by Crippen LogP contribution is -2.16. The third-order valence-corrected chi connectivity index (χ3v) is 6.42. The van der Waals surface area contributed by atoms with Crippen LogP contribution in [0.25, 0.3) is 11.1 Å². The van der Waals surface area contributed by atoms with Gasteiger partial charge in [0, 0.05) is 0 Å². The van der Waals surface area contributed by atoms with Crippen molar-refractivity contribution >= 4 is 0 Å². The Balaban J connectivity index is 1.37. The van der Waals surface area contributed by atoms with Gasteiger partial charge in [0.2, 0.25) is 17.2 Å². The smallest absolute Gasteiger partial charge is 0.211 e. The number of benzene rings is 2. The first kappa shape index (κ1) is 23.4. The van der Waals surface area contributed by atoms with Gasteiger partial charge in [-0.25, -0.2) is 0 Å². The van der Waals surface area contributed by atoms with E-state index in [1.165, 1.54) is 0 Å². The van der Waals surface area contributed by atoms with Crippen molar-refractivity contribution in [3.63, 3.8) is 0 Å². The van der Waals surface area contributed by atoms with Crippen LogP contribution in [-0.2, 0) is 23.7 Å². The molecule has 37 heavy (non-hydrogen) atoms. The van der Waals surface area contributed by atoms with Gasteiger partial charge >= 0.3 is 0 Å². The topological polar surface area (TPSA) is 109 Å². The average Bonchev–Trinajstić information content (AvgIpc) is 3.72. The Morgan fingerprint density at radius 3 is 1.08 bits per heavy atom. The monoisotopic (exact) mass is 514 g/mol. The van der Waals surface area contributed by atoms with E-state index >= 15 is 0 Å². The zero-order valence-corrected chi connectivity index (χ0v) is 20.4. The van der Waals surface area contributed by atoms with Crippen LogP contribution >= 0.6 is 0 Å². The van der Waals surface area contributed by atoms with Crippen molar-refractivity contribution in [1.29, 1.82) is 0 Å². The van der Waals surface area contributed by atoms with Crippen LogP contribution in [0.4, 0.5) is 0 Å². The lowest BCUT2D eigenvalue weighted by atomic mass is 10.0. The molecule has 2 aromatic rings. The minimum Gasteiger partial charge on any atom is -0.486 e. The summed E-state index contributed by atoms with van der Waals surface area (Å²) in [6, 6.07) is 9.94. The SMILES string of the molecule is c1ccc(-c2c(OCC3CO3)c(OCC3CO3)c(OCC3CO3)c(OCC3CO3)c2OCC2CO2)cc1. The van der Waals surface area contributed by atoms with Crippen LogP contribution in [-0.4, -0.2) is 96.6 Å². The van der Waals surface area contributed by atoms with E-state index in [4.69, 9.17) is 47.4 Å². The van der Waals surface area contributed by atoms with Gasteiger partial charge in [-0.05, 0) is 5.56 Å². The van der Waals surface area contributed by atoms with E-state index in [9.17, 15) is 0 Å². The zero-order chi connectivity index (χ0) is 24.6. The van der Waals surface area contributed by atoms with Gasteiger partial charge in [-0.1, -0.05) is 30.3 Å². The van der Waals surface area contributed by atoms with Gasteiger partial charge in [0.05, 0.1) is 38.6 Å². The number of hydrogen-bond acceptors (Lipinski definition) is 10. The van der Waals surface area contributed by atoms with Crippen molar-refractivity contribution in [2.24, 2.45) is 0 Å². The van der Waals surface area contributed by atoms with Gasteiger partial charge in [-0.15, -0.1) is 0 Å². The van der Waals surface area contributed by atoms with E-state index in [1.807, 2.05) is 30.3 Å². The Kier molecular flexibility index (Phi) is 6.43. The summed E-state index contributed by atoms with van der Waals surface area (Å²) in [5, 5.41) is 0. The first-order valence-corrected chi connectivity index (χ1v) is 12.8. The predicted molar refractivity (Wildman–Crippen MR) is 128 cm³/mol. The third-order valence-electron chi connectivity index (χ3n) is 6.42. The molecule has 10 heteroatoms. The molecule has 0 bridgehead atoms. The summed E-state index contributed by atoms with van der Waals surface area (Å²) in [4.78, 5) is 0. The maximum atomic E-state index is 6.42. The number of hydrogen-bond donors (Lipinski definition) is 0. The molecule has 0 spiro atoms. The maximum Gasteiger partial charge on any atom is 0.211 e. The summed E-state index contributed by atoms with van der Waals surface area (Å²) < 4.78 is 59.0. The minimum absolute atomic E-state index is 0.0292. The molecule has 0 amide bonds. The highest BCUT2D eigenvalue weighted by Gasteiger charge is 2.37. The Morgan fingerprint density at radius 1 is 0.459 bits per heavy atom. The van der Waals surface area contributed by atoms with Gasteiger partial charge in [0.15, 0.2) is 11.5 Å². The van der Waals surface area contributed by atoms with Crippen molar-refractivity contribution in [1.82, 2.24) is 0 Å². The fourth-order valence-corrected chi connectivity index (χ4v) is 3.88. The van der Waals surface area contributed by atoms with Crippen LogP contribution in [0, 0.1) is 0 Å². The van der Waals surface area contributed by atoms with E-state index < -0.39 is 0 Å². The minimum atomic E-state index is 0.0292. The fourth-order valence-electron chi connectivity index (χ4n) is 3.88. The normalized spacial score (nSPS) is 28.3. The summed E-state index contributed by atoms with van der Waals surface area (Å²) in [7, 11) is 0. The van der Waals surface area contributed by atoms with Gasteiger partial charge in [-0.3, -0.25) is 0 Å². The molecule has 0 saturated carbocycles. The zero-order valence-electron chi connectivity index (χ0n) is 20.4. The van der Waals surface area contributed by atoms with Gasteiger partial charge in [0.25, 0.3) is 0 Å². The number of ether oxygens (including phenoxy) is 10. The molecule has 7 rings (SSSR count). The van der Waals surface area contributed by atoms with E-state index in [0.29, 0.717) is 94.8 Å². The molecule has 5 heterocycles. The third kappa shape index (κ3) is 6.05. The molecule has 0 N–H and O–H groups in total. The number of rotatable bonds is 16. The second kappa shape index (κ2) is 10.2. The van der Waals surface area contributed by atoms with Crippen LogP contribution in [0.1, 0.15) is 0 Å². The van der Waals surface area contributed by atoms with Crippen LogP contribution in [0.2, 0.25) is 0 Å². The molecule has 5 atom stereocenters. The summed E-state index contributed by atoms with van der Waals surface area (Å²) in [6.07, 6.45) is 0.180. The molecule has 5 aliphatic heterocycles. The lowest BCUT2D eigenvalue weighted by molar-refractivity contribution is 0.186. The number of epoxide rings is 5. The second-order valence-corrected chi connectivity index (χ2v) is 9.72. The Hall–Kier alpha value is -2.76. The maximum absolute atomic E-state index is 6.42. The molecule has 5 unspecified atom stereocenters. The van der Waals surface area contributed by atoms with Crippen LogP contribution in [0.3, 0.4) is 0 Å². The Labute approximate surface area is 214 Å². The quantitative estimate of drug-likeness (QED) is 0.310. The summed E-state index contributed by atoms with van der Waals surface area (Å²) in [5.74, 6) is 2.39. The van der Waals surface area contributed by atoms with Crippen molar-refractivity contribution in [2.45, 2.75) is 30.5 Å². The first-order chi connectivity index (χ1) is 18.3. The molecular formula is C27H30O10. The van der Waals surface area contributed by atoms with Crippen molar-refractivity contribution in [2.75, 3.05) is 66.1 Å². The molecule has 5 saturated heterocycles. The first-order valence-electron chi connectivity index (χ1n) is 12.8. The summed E-state index contributed by atoms with van der Waals surface area (Å²) >= 11 is 0. The molecule has 0 aliphatic carbocycles. The van der Waals surface area contributed by atoms with Gasteiger partial charge in [0.1, 0.15) is 63.6 Å². The molecule has 0 aromatic heterocycles. The summed E-state index contributed by atoms with van der Waals surface area (Å²) in [5.41, 5.74) is 1.63. The standard InChI is InChI=1S/C27H30O10/c1-2-4-16(5-3-1)22-23(33-11-17-6-28-17)25(35-13-19-8-30-19)27(37-15-21-10-32-21)26(36-14-20-9-31-20)24(22)34-12-18-7-29-18/h1-5,17-21H,6-15H2. The highest BCUT2D eigenvalue weighted by Crippen LogP contribution is 2.58. The Bertz CT molecular complexity index is 1030. The van der Waals surface area contributed by atoms with Gasteiger partial charge in [-0.2, -0.15) is 0 Å². The molecule has 5 fully saturated rings. The second-order valence-electron chi connectivity index (χ2n) is 9.72. The summed E-state index contributed by atoms with van der Waals surface area (Å²) in [6.45, 7) is 5.15. The molecule has 0 radical (unpaired) electrons. The van der Waals surface area contributed by atoms with Crippen LogP contribution in [0.15, 0.2) is 30.3 Å². The fraction of sp³-hybridized carbons (Fsp3) is 0.556.